The molecule has 0 aliphatic heterocycles. The number of aliphatic carboxylic acids is 1. The smallest absolute Gasteiger partial charge is 0.328 e. The number of hydrogen-bond acceptors (Lipinski definition) is 4. The third-order valence-corrected chi connectivity index (χ3v) is 2.35. The molecule has 20 heavy (non-hydrogen) atoms. The fraction of sp³-hybridized carbons (Fsp3) is 0.154. The highest BCUT2D eigenvalue weighted by Crippen LogP contribution is 2.11. The molecule has 0 aliphatic rings. The zero-order chi connectivity index (χ0) is 15.1. The standard InChI is InChI=1S/C13H15N3O4/c14-10(7-11(15)17)13(20)16-9-4-1-8(2-5-9)3-6-12(18)19/h1-6,10H,7,14H2,(H2,15,17)(H,16,20)(H,18,19)/b6-3+. The van der Waals surface area contributed by atoms with Gasteiger partial charge in [-0.1, -0.05) is 12.1 Å². The van der Waals surface area contributed by atoms with Gasteiger partial charge in [-0.15, -0.1) is 0 Å². The second-order valence-electron chi connectivity index (χ2n) is 4.06. The van der Waals surface area contributed by atoms with Gasteiger partial charge in [-0.2, -0.15) is 0 Å². The van der Waals surface area contributed by atoms with Gasteiger partial charge in [0, 0.05) is 11.8 Å². The van der Waals surface area contributed by atoms with Crippen molar-refractivity contribution in [2.75, 3.05) is 5.32 Å². The first-order valence-electron chi connectivity index (χ1n) is 5.74. The summed E-state index contributed by atoms with van der Waals surface area (Å²) in [5.41, 5.74) is 11.6. The number of carboxylic acid groups (broad SMARTS) is 1. The monoisotopic (exact) mass is 277 g/mol. The Bertz CT molecular complexity index is 537. The van der Waals surface area contributed by atoms with E-state index in [1.54, 1.807) is 24.3 Å². The third-order valence-electron chi connectivity index (χ3n) is 2.35. The molecule has 1 aromatic rings. The molecule has 7 heteroatoms. The van der Waals surface area contributed by atoms with Gasteiger partial charge in [-0.25, -0.2) is 4.79 Å². The summed E-state index contributed by atoms with van der Waals surface area (Å²) in [6, 6.07) is 5.45. The van der Waals surface area contributed by atoms with Crippen molar-refractivity contribution in [1.29, 1.82) is 0 Å². The average molecular weight is 277 g/mol. The molecular weight excluding hydrogens is 262 g/mol. The van der Waals surface area contributed by atoms with Crippen LogP contribution in [0.5, 0.6) is 0 Å². The summed E-state index contributed by atoms with van der Waals surface area (Å²) in [5, 5.41) is 11.0. The molecule has 1 unspecified atom stereocenters. The van der Waals surface area contributed by atoms with Gasteiger partial charge in [0.2, 0.25) is 11.8 Å². The highest BCUT2D eigenvalue weighted by atomic mass is 16.4. The van der Waals surface area contributed by atoms with Crippen molar-refractivity contribution in [2.24, 2.45) is 11.5 Å². The molecule has 0 heterocycles. The summed E-state index contributed by atoms with van der Waals surface area (Å²) in [7, 11) is 0. The van der Waals surface area contributed by atoms with Crippen molar-refractivity contribution >= 4 is 29.5 Å². The zero-order valence-electron chi connectivity index (χ0n) is 10.6. The first-order valence-corrected chi connectivity index (χ1v) is 5.74. The lowest BCUT2D eigenvalue weighted by Crippen LogP contribution is -2.38. The van der Waals surface area contributed by atoms with Crippen LogP contribution in [0.1, 0.15) is 12.0 Å². The Kier molecular flexibility index (Phi) is 5.42. The van der Waals surface area contributed by atoms with E-state index in [9.17, 15) is 14.4 Å². The van der Waals surface area contributed by atoms with Crippen LogP contribution < -0.4 is 16.8 Å². The number of nitrogens with two attached hydrogens (primary N) is 2. The van der Waals surface area contributed by atoms with E-state index in [1.807, 2.05) is 0 Å². The van der Waals surface area contributed by atoms with Gasteiger partial charge in [0.1, 0.15) is 0 Å². The second-order valence-corrected chi connectivity index (χ2v) is 4.06. The molecule has 0 saturated heterocycles. The topological polar surface area (TPSA) is 136 Å². The lowest BCUT2D eigenvalue weighted by Gasteiger charge is -2.10. The molecule has 7 nitrogen and oxygen atoms in total. The van der Waals surface area contributed by atoms with E-state index in [-0.39, 0.29) is 6.42 Å². The van der Waals surface area contributed by atoms with Crippen LogP contribution in [0.25, 0.3) is 6.08 Å². The van der Waals surface area contributed by atoms with Gasteiger partial charge < -0.3 is 21.9 Å². The quantitative estimate of drug-likeness (QED) is 0.539. The maximum Gasteiger partial charge on any atom is 0.328 e. The van der Waals surface area contributed by atoms with E-state index < -0.39 is 23.8 Å². The number of hydrogen-bond donors (Lipinski definition) is 4. The molecule has 0 aromatic heterocycles. The highest BCUT2D eigenvalue weighted by Gasteiger charge is 2.15. The average Bonchev–Trinajstić information content (AvgIpc) is 2.37. The summed E-state index contributed by atoms with van der Waals surface area (Å²) in [6.07, 6.45) is 2.20. The molecule has 0 fully saturated rings. The number of carboxylic acids is 1. The number of carbonyl (C=O) groups is 3. The molecular formula is C13H15N3O4. The third kappa shape index (κ3) is 5.32. The minimum atomic E-state index is -1.04. The lowest BCUT2D eigenvalue weighted by molar-refractivity contribution is -0.131. The summed E-state index contributed by atoms with van der Waals surface area (Å²) in [5.74, 6) is -2.21. The molecule has 0 radical (unpaired) electrons. The predicted octanol–water partition coefficient (Wildman–Crippen LogP) is -0.0744. The van der Waals surface area contributed by atoms with Crippen molar-refractivity contribution in [2.45, 2.75) is 12.5 Å². The van der Waals surface area contributed by atoms with Gasteiger partial charge in [0.25, 0.3) is 0 Å². The van der Waals surface area contributed by atoms with Gasteiger partial charge in [-0.3, -0.25) is 9.59 Å². The summed E-state index contributed by atoms with van der Waals surface area (Å²) >= 11 is 0. The number of benzene rings is 1. The SMILES string of the molecule is NC(=O)CC(N)C(=O)Nc1ccc(/C=C/C(=O)O)cc1. The molecule has 0 spiro atoms. The molecule has 2 amide bonds. The second kappa shape index (κ2) is 7.05. The minimum absolute atomic E-state index is 0.231. The van der Waals surface area contributed by atoms with E-state index >= 15 is 0 Å². The molecule has 6 N–H and O–H groups in total. The van der Waals surface area contributed by atoms with Gasteiger partial charge >= 0.3 is 5.97 Å². The number of amides is 2. The first kappa shape index (κ1) is 15.4. The van der Waals surface area contributed by atoms with Crippen LogP contribution in [-0.4, -0.2) is 28.9 Å². The Morgan fingerprint density at radius 3 is 2.35 bits per heavy atom. The van der Waals surface area contributed by atoms with E-state index in [0.717, 1.165) is 6.08 Å². The fourth-order valence-electron chi connectivity index (χ4n) is 1.39. The van der Waals surface area contributed by atoms with Crippen molar-refractivity contribution in [3.05, 3.63) is 35.9 Å². The number of nitrogens with one attached hydrogen (secondary N) is 1. The molecule has 106 valence electrons. The summed E-state index contributed by atoms with van der Waals surface area (Å²) in [4.78, 5) is 32.6. The highest BCUT2D eigenvalue weighted by molar-refractivity contribution is 5.97. The minimum Gasteiger partial charge on any atom is -0.478 e. The van der Waals surface area contributed by atoms with Crippen LogP contribution in [0.2, 0.25) is 0 Å². The maximum atomic E-state index is 11.6. The number of rotatable bonds is 6. The zero-order valence-corrected chi connectivity index (χ0v) is 10.6. The molecule has 0 bridgehead atoms. The van der Waals surface area contributed by atoms with Crippen molar-refractivity contribution in [3.63, 3.8) is 0 Å². The molecule has 1 atom stereocenters. The lowest BCUT2D eigenvalue weighted by atomic mass is 10.1. The Morgan fingerprint density at radius 2 is 1.85 bits per heavy atom. The molecule has 0 saturated carbocycles. The molecule has 0 aliphatic carbocycles. The summed E-state index contributed by atoms with van der Waals surface area (Å²) in [6.45, 7) is 0. The Balaban J connectivity index is 2.63. The van der Waals surface area contributed by atoms with Crippen LogP contribution in [0.4, 0.5) is 5.69 Å². The Hall–Kier alpha value is -2.67. The number of anilines is 1. The van der Waals surface area contributed by atoms with Gasteiger partial charge in [0.15, 0.2) is 0 Å². The normalized spacial score (nSPS) is 12.1. The summed E-state index contributed by atoms with van der Waals surface area (Å²) < 4.78 is 0. The van der Waals surface area contributed by atoms with Crippen LogP contribution in [0.3, 0.4) is 0 Å². The Morgan fingerprint density at radius 1 is 1.25 bits per heavy atom. The van der Waals surface area contributed by atoms with Gasteiger partial charge in [-0.05, 0) is 23.8 Å². The van der Waals surface area contributed by atoms with Crippen LogP contribution in [-0.2, 0) is 14.4 Å². The van der Waals surface area contributed by atoms with Crippen LogP contribution in [0, 0.1) is 0 Å². The number of carbonyl (C=O) groups excluding carboxylic acids is 2. The van der Waals surface area contributed by atoms with Gasteiger partial charge in [0.05, 0.1) is 12.5 Å². The predicted molar refractivity (Wildman–Crippen MR) is 73.5 cm³/mol. The fourth-order valence-corrected chi connectivity index (χ4v) is 1.39. The largest absolute Gasteiger partial charge is 0.478 e. The van der Waals surface area contributed by atoms with E-state index in [2.05, 4.69) is 5.32 Å². The van der Waals surface area contributed by atoms with Crippen molar-refractivity contribution in [3.8, 4) is 0 Å². The van der Waals surface area contributed by atoms with Crippen molar-refractivity contribution < 1.29 is 19.5 Å². The van der Waals surface area contributed by atoms with Crippen LogP contribution in [0.15, 0.2) is 30.3 Å². The first-order chi connectivity index (χ1) is 9.38. The molecule has 1 rings (SSSR count). The van der Waals surface area contributed by atoms with E-state index in [1.165, 1.54) is 6.08 Å². The number of primary amides is 1. The van der Waals surface area contributed by atoms with E-state index in [4.69, 9.17) is 16.6 Å². The molecule has 1 aromatic carbocycles. The van der Waals surface area contributed by atoms with E-state index in [0.29, 0.717) is 11.3 Å². The maximum absolute atomic E-state index is 11.6. The van der Waals surface area contributed by atoms with Crippen LogP contribution >= 0.6 is 0 Å². The van der Waals surface area contributed by atoms with Crippen molar-refractivity contribution in [1.82, 2.24) is 0 Å². The Labute approximate surface area is 115 Å².